The first kappa shape index (κ1) is 38.7. The number of pyridine rings is 1. The zero-order valence-corrected chi connectivity index (χ0v) is 31.0. The van der Waals surface area contributed by atoms with E-state index in [-0.39, 0.29) is 23.4 Å². The highest BCUT2D eigenvalue weighted by atomic mass is 32.2. The van der Waals surface area contributed by atoms with Crippen molar-refractivity contribution in [2.75, 3.05) is 69.8 Å². The summed E-state index contributed by atoms with van der Waals surface area (Å²) in [5.41, 5.74) is 3.10. The number of rotatable bonds is 20. The molecule has 0 bridgehead atoms. The van der Waals surface area contributed by atoms with Gasteiger partial charge < -0.3 is 49.7 Å². The van der Waals surface area contributed by atoms with Crippen LogP contribution in [0.15, 0.2) is 114 Å². The predicted molar refractivity (Wildman–Crippen MR) is 205 cm³/mol. The zero-order valence-electron chi connectivity index (χ0n) is 30.2. The Morgan fingerprint density at radius 2 is 1.45 bits per heavy atom. The molecule has 3 unspecified atom stereocenters. The number of benzene rings is 3. The Morgan fingerprint density at radius 1 is 0.800 bits per heavy atom. The monoisotopic (exact) mass is 774 g/mol. The molecule has 0 fully saturated rings. The van der Waals surface area contributed by atoms with E-state index >= 15 is 0 Å². The minimum absolute atomic E-state index is 0.0641. The Morgan fingerprint density at radius 3 is 2.09 bits per heavy atom. The second-order valence-electron chi connectivity index (χ2n) is 12.2. The molecule has 0 spiro atoms. The molecule has 3 heterocycles. The summed E-state index contributed by atoms with van der Waals surface area (Å²) in [5, 5.41) is 22.9. The van der Waals surface area contributed by atoms with E-state index in [9.17, 15) is 18.5 Å². The quantitative estimate of drug-likeness (QED) is 0.0516. The number of hydrogen-bond donors (Lipinski definition) is 4. The van der Waals surface area contributed by atoms with Crippen LogP contribution >= 0.6 is 0 Å². The molecule has 4 N–H and O–H groups in total. The lowest BCUT2D eigenvalue weighted by Gasteiger charge is -2.29. The molecule has 0 aliphatic carbocycles. The van der Waals surface area contributed by atoms with Crippen LogP contribution in [0.2, 0.25) is 0 Å². The van der Waals surface area contributed by atoms with Gasteiger partial charge in [0.05, 0.1) is 79.8 Å². The lowest BCUT2D eigenvalue weighted by Crippen LogP contribution is -2.47. The maximum atomic E-state index is 13.8. The summed E-state index contributed by atoms with van der Waals surface area (Å²) < 4.78 is 60.9. The smallest absolute Gasteiger partial charge is 0.269 e. The number of ether oxygens (including phenoxy) is 6. The molecule has 2 aliphatic heterocycles. The number of dihydropyridines is 1. The highest BCUT2D eigenvalue weighted by molar-refractivity contribution is 7.92. The van der Waals surface area contributed by atoms with Crippen molar-refractivity contribution in [2.24, 2.45) is 0 Å². The lowest BCUT2D eigenvalue weighted by molar-refractivity contribution is -0.384. The van der Waals surface area contributed by atoms with Crippen molar-refractivity contribution >= 4 is 32.6 Å². The zero-order chi connectivity index (χ0) is 38.6. The summed E-state index contributed by atoms with van der Waals surface area (Å²) in [6, 6.07) is 20.5. The van der Waals surface area contributed by atoms with E-state index in [2.05, 4.69) is 26.3 Å². The Balaban J connectivity index is 0.880. The fourth-order valence-electron chi connectivity index (χ4n) is 5.67. The van der Waals surface area contributed by atoms with Gasteiger partial charge in [-0.3, -0.25) is 15.1 Å². The first-order valence-corrected chi connectivity index (χ1v) is 18.9. The second-order valence-corrected chi connectivity index (χ2v) is 14.2. The van der Waals surface area contributed by atoms with Crippen LogP contribution in [0.3, 0.4) is 0 Å². The van der Waals surface area contributed by atoms with Crippen molar-refractivity contribution in [2.45, 2.75) is 22.5 Å². The molecule has 17 heteroatoms. The minimum atomic E-state index is -4.04. The summed E-state index contributed by atoms with van der Waals surface area (Å²) in [4.78, 5) is 15.0. The average molecular weight is 775 g/mol. The number of allylic oxidation sites excluding steroid dienone is 1. The number of nitro groups is 1. The van der Waals surface area contributed by atoms with Gasteiger partial charge in [0.2, 0.25) is 9.84 Å². The third kappa shape index (κ3) is 10.1. The number of hydrogen-bond acceptors (Lipinski definition) is 15. The van der Waals surface area contributed by atoms with Crippen LogP contribution in [0.1, 0.15) is 11.9 Å². The summed E-state index contributed by atoms with van der Waals surface area (Å²) in [6.45, 7) is 2.05. The van der Waals surface area contributed by atoms with Gasteiger partial charge in [0, 0.05) is 30.1 Å². The molecule has 4 aromatic rings. The molecular weight excluding hydrogens is 733 g/mol. The molecular formula is C38H42N6O10S. The summed E-state index contributed by atoms with van der Waals surface area (Å²) in [5.74, 6) is 2.53. The Kier molecular flexibility index (Phi) is 12.9. The number of methoxy groups -OCH3 is 2. The molecule has 0 saturated heterocycles. The van der Waals surface area contributed by atoms with Gasteiger partial charge in [-0.25, -0.2) is 8.42 Å². The first-order valence-electron chi connectivity index (χ1n) is 17.3. The Bertz CT molecular complexity index is 2060. The van der Waals surface area contributed by atoms with E-state index in [1.807, 2.05) is 30.3 Å². The van der Waals surface area contributed by atoms with Gasteiger partial charge >= 0.3 is 0 Å². The van der Waals surface area contributed by atoms with Crippen molar-refractivity contribution in [1.29, 1.82) is 0 Å². The molecule has 16 nitrogen and oxygen atoms in total. The number of sulfone groups is 1. The van der Waals surface area contributed by atoms with Gasteiger partial charge in [-0.2, -0.15) is 0 Å². The van der Waals surface area contributed by atoms with Crippen LogP contribution in [-0.2, 0) is 24.0 Å². The molecule has 55 heavy (non-hydrogen) atoms. The predicted octanol–water partition coefficient (Wildman–Crippen LogP) is 5.25. The first-order chi connectivity index (χ1) is 26.7. The molecule has 6 rings (SSSR count). The average Bonchev–Trinajstić information content (AvgIpc) is 3.65. The van der Waals surface area contributed by atoms with E-state index in [0.717, 1.165) is 22.8 Å². The van der Waals surface area contributed by atoms with E-state index in [1.54, 1.807) is 55.9 Å². The van der Waals surface area contributed by atoms with Gasteiger partial charge in [0.15, 0.2) is 5.37 Å². The van der Waals surface area contributed by atoms with Crippen molar-refractivity contribution in [3.8, 4) is 17.2 Å². The number of nitrogens with one attached hydrogen (secondary N) is 4. The number of nitrogens with zero attached hydrogens (tertiary/aromatic N) is 2. The van der Waals surface area contributed by atoms with Crippen LogP contribution in [0, 0.1) is 10.1 Å². The second kappa shape index (κ2) is 18.3. The van der Waals surface area contributed by atoms with Crippen molar-refractivity contribution in [3.05, 3.63) is 125 Å². The minimum Gasteiger partial charge on any atom is -0.497 e. The molecule has 0 saturated carbocycles. The topological polar surface area (TPSA) is 194 Å². The Labute approximate surface area is 318 Å². The summed E-state index contributed by atoms with van der Waals surface area (Å²) in [6.07, 6.45) is 6.48. The largest absolute Gasteiger partial charge is 0.497 e. The maximum Gasteiger partial charge on any atom is 0.269 e. The van der Waals surface area contributed by atoms with Crippen LogP contribution in [0.4, 0.5) is 22.7 Å². The SMILES string of the molecule is COc1ccc(NC(C2C=CC(OCCOCCOCCOc3ccc(C4Nc5ccc(OC)cc5N4)nc3)=CN2)S(=O)(=O)c2ccc([N+](=O)[O-])cc2)cc1. The molecule has 3 aromatic carbocycles. The highest BCUT2D eigenvalue weighted by Crippen LogP contribution is 2.37. The van der Waals surface area contributed by atoms with E-state index in [4.69, 9.17) is 28.4 Å². The van der Waals surface area contributed by atoms with Crippen LogP contribution < -0.4 is 35.5 Å². The molecule has 290 valence electrons. The molecule has 3 atom stereocenters. The van der Waals surface area contributed by atoms with Crippen molar-refractivity contribution in [1.82, 2.24) is 10.3 Å². The van der Waals surface area contributed by atoms with Crippen LogP contribution in [0.25, 0.3) is 0 Å². The third-order valence-corrected chi connectivity index (χ3v) is 10.6. The third-order valence-electron chi connectivity index (χ3n) is 8.57. The summed E-state index contributed by atoms with van der Waals surface area (Å²) >= 11 is 0. The maximum absolute atomic E-state index is 13.8. The van der Waals surface area contributed by atoms with Gasteiger partial charge in [-0.15, -0.1) is 0 Å². The number of aromatic nitrogens is 1. The van der Waals surface area contributed by atoms with Gasteiger partial charge in [0.1, 0.15) is 42.4 Å². The van der Waals surface area contributed by atoms with Crippen molar-refractivity contribution in [3.63, 3.8) is 0 Å². The molecule has 2 aliphatic rings. The standard InChI is InChI=1S/C38H42N6O10S/c1-49-28-7-3-26(4-8-28)41-38(55(47,48)32-12-5-27(6-13-32)44(45)46)35-16-11-31(25-40-35)54-22-20-52-18-17-51-19-21-53-30-10-15-34(39-24-30)37-42-33-14-9-29(50-2)23-36(33)43-37/h3-16,23-25,35,37-38,40-43H,17-22H2,1-2H3. The van der Waals surface area contributed by atoms with Gasteiger partial charge in [-0.1, -0.05) is 6.08 Å². The number of nitro benzene ring substituents is 1. The van der Waals surface area contributed by atoms with Crippen molar-refractivity contribution < 1.29 is 41.8 Å². The fraction of sp³-hybridized carbons (Fsp3) is 0.289. The van der Waals surface area contributed by atoms with E-state index < -0.39 is 26.2 Å². The van der Waals surface area contributed by atoms with E-state index in [0.29, 0.717) is 56.0 Å². The number of anilines is 3. The van der Waals surface area contributed by atoms with Crippen LogP contribution in [-0.4, -0.2) is 83.6 Å². The molecule has 0 radical (unpaired) electrons. The number of fused-ring (bicyclic) bond motifs is 1. The highest BCUT2D eigenvalue weighted by Gasteiger charge is 2.35. The number of non-ortho nitro benzene ring substituents is 1. The summed E-state index contributed by atoms with van der Waals surface area (Å²) in [7, 11) is -0.861. The van der Waals surface area contributed by atoms with E-state index in [1.165, 1.54) is 31.4 Å². The normalized spacial score (nSPS) is 16.4. The molecule has 0 amide bonds. The Hall–Kier alpha value is -6.04. The van der Waals surface area contributed by atoms with Gasteiger partial charge in [0.25, 0.3) is 5.69 Å². The van der Waals surface area contributed by atoms with Gasteiger partial charge in [-0.05, 0) is 66.7 Å². The van der Waals surface area contributed by atoms with Crippen LogP contribution in [0.5, 0.6) is 17.2 Å². The lowest BCUT2D eigenvalue weighted by atomic mass is 10.2. The molecule has 1 aromatic heterocycles. The fourth-order valence-corrected chi connectivity index (χ4v) is 7.33.